The SMILES string of the molecule is CCCCCCCCCCOc1cccc(-c2c(F)cccc2-c2cccc(C#N)c2)c1. The molecule has 0 radical (unpaired) electrons. The second-order valence-corrected chi connectivity index (χ2v) is 8.21. The van der Waals surface area contributed by atoms with Gasteiger partial charge in [0.1, 0.15) is 11.6 Å². The van der Waals surface area contributed by atoms with E-state index in [2.05, 4.69) is 13.0 Å². The van der Waals surface area contributed by atoms with Gasteiger partial charge in [0, 0.05) is 5.56 Å². The number of benzene rings is 3. The van der Waals surface area contributed by atoms with Gasteiger partial charge in [0.2, 0.25) is 0 Å². The van der Waals surface area contributed by atoms with Crippen molar-refractivity contribution in [2.45, 2.75) is 58.3 Å². The highest BCUT2D eigenvalue weighted by Gasteiger charge is 2.13. The maximum absolute atomic E-state index is 14.9. The Morgan fingerprint density at radius 1 is 0.781 bits per heavy atom. The first kappa shape index (κ1) is 23.5. The highest BCUT2D eigenvalue weighted by atomic mass is 19.1. The number of hydrogen-bond donors (Lipinski definition) is 0. The van der Waals surface area contributed by atoms with E-state index in [-0.39, 0.29) is 5.82 Å². The molecule has 0 unspecified atom stereocenters. The number of hydrogen-bond acceptors (Lipinski definition) is 2. The van der Waals surface area contributed by atoms with Gasteiger partial charge in [-0.05, 0) is 53.4 Å². The van der Waals surface area contributed by atoms with Gasteiger partial charge in [0.15, 0.2) is 0 Å². The Balaban J connectivity index is 1.66. The topological polar surface area (TPSA) is 33.0 Å². The van der Waals surface area contributed by atoms with Gasteiger partial charge in [-0.25, -0.2) is 4.39 Å². The summed E-state index contributed by atoms with van der Waals surface area (Å²) >= 11 is 0. The predicted molar refractivity (Wildman–Crippen MR) is 130 cm³/mol. The van der Waals surface area contributed by atoms with Crippen LogP contribution in [-0.2, 0) is 0 Å². The Labute approximate surface area is 191 Å². The molecular formula is C29H32FNO. The van der Waals surface area contributed by atoms with Crippen LogP contribution in [-0.4, -0.2) is 6.61 Å². The van der Waals surface area contributed by atoms with Crippen molar-refractivity contribution in [2.24, 2.45) is 0 Å². The van der Waals surface area contributed by atoms with E-state index in [0.29, 0.717) is 17.7 Å². The minimum absolute atomic E-state index is 0.287. The molecule has 0 N–H and O–H groups in total. The highest BCUT2D eigenvalue weighted by Crippen LogP contribution is 2.36. The zero-order valence-electron chi connectivity index (χ0n) is 18.9. The zero-order chi connectivity index (χ0) is 22.6. The minimum atomic E-state index is -0.287. The van der Waals surface area contributed by atoms with Crippen molar-refractivity contribution in [1.29, 1.82) is 5.26 Å². The summed E-state index contributed by atoms with van der Waals surface area (Å²) in [6.45, 7) is 2.91. The number of rotatable bonds is 12. The third kappa shape index (κ3) is 6.69. The third-order valence-electron chi connectivity index (χ3n) is 5.71. The molecule has 0 spiro atoms. The lowest BCUT2D eigenvalue weighted by Gasteiger charge is -2.13. The fourth-order valence-corrected chi connectivity index (χ4v) is 3.98. The van der Waals surface area contributed by atoms with E-state index in [9.17, 15) is 9.65 Å². The number of unbranched alkanes of at least 4 members (excludes halogenated alkanes) is 7. The normalized spacial score (nSPS) is 10.7. The molecule has 0 saturated heterocycles. The van der Waals surface area contributed by atoms with Crippen molar-refractivity contribution < 1.29 is 9.13 Å². The van der Waals surface area contributed by atoms with Gasteiger partial charge >= 0.3 is 0 Å². The lowest BCUT2D eigenvalue weighted by Crippen LogP contribution is -1.98. The van der Waals surface area contributed by atoms with E-state index in [1.54, 1.807) is 18.2 Å². The number of halogens is 1. The van der Waals surface area contributed by atoms with Crippen molar-refractivity contribution in [3.05, 3.63) is 78.1 Å². The standard InChI is InChI=1S/C29H32FNO/c1-2-3-4-5-6-7-8-9-19-32-26-16-11-15-25(21-26)29-27(17-12-18-28(29)30)24-14-10-13-23(20-24)22-31/h10-18,20-21H,2-9,19H2,1H3. The van der Waals surface area contributed by atoms with Crippen LogP contribution in [0.25, 0.3) is 22.3 Å². The molecule has 0 aliphatic heterocycles. The van der Waals surface area contributed by atoms with Crippen LogP contribution in [0, 0.1) is 17.1 Å². The van der Waals surface area contributed by atoms with E-state index < -0.39 is 0 Å². The molecule has 0 fully saturated rings. The summed E-state index contributed by atoms with van der Waals surface area (Å²) in [4.78, 5) is 0. The molecule has 0 saturated carbocycles. The average Bonchev–Trinajstić information content (AvgIpc) is 2.83. The second-order valence-electron chi connectivity index (χ2n) is 8.21. The molecule has 3 aromatic carbocycles. The van der Waals surface area contributed by atoms with Crippen LogP contribution in [0.3, 0.4) is 0 Å². The van der Waals surface area contributed by atoms with Crippen molar-refractivity contribution in [1.82, 2.24) is 0 Å². The van der Waals surface area contributed by atoms with Crippen molar-refractivity contribution >= 4 is 0 Å². The molecule has 2 nitrogen and oxygen atoms in total. The Hall–Kier alpha value is -3.12. The fourth-order valence-electron chi connectivity index (χ4n) is 3.98. The zero-order valence-corrected chi connectivity index (χ0v) is 18.9. The van der Waals surface area contributed by atoms with E-state index in [1.165, 1.54) is 51.0 Å². The van der Waals surface area contributed by atoms with Gasteiger partial charge in [-0.3, -0.25) is 0 Å². The maximum Gasteiger partial charge on any atom is 0.131 e. The van der Waals surface area contributed by atoms with Crippen LogP contribution in [0.15, 0.2) is 66.7 Å². The van der Waals surface area contributed by atoms with Crippen molar-refractivity contribution in [3.8, 4) is 34.1 Å². The molecule has 0 bridgehead atoms. The summed E-state index contributed by atoms with van der Waals surface area (Å²) in [5.74, 6) is 0.468. The van der Waals surface area contributed by atoms with Crippen LogP contribution < -0.4 is 4.74 Å². The first-order valence-corrected chi connectivity index (χ1v) is 11.7. The number of nitriles is 1. The molecule has 3 aromatic rings. The summed E-state index contributed by atoms with van der Waals surface area (Å²) in [5, 5.41) is 9.23. The van der Waals surface area contributed by atoms with Gasteiger partial charge in [0.25, 0.3) is 0 Å². The molecule has 0 aliphatic carbocycles. The molecule has 3 heteroatoms. The molecule has 0 aliphatic rings. The smallest absolute Gasteiger partial charge is 0.131 e. The first-order valence-electron chi connectivity index (χ1n) is 11.7. The first-order chi connectivity index (χ1) is 15.7. The van der Waals surface area contributed by atoms with Crippen LogP contribution in [0.5, 0.6) is 5.75 Å². The Morgan fingerprint density at radius 3 is 2.25 bits per heavy atom. The molecule has 0 amide bonds. The second kappa shape index (κ2) is 12.7. The molecule has 3 rings (SSSR count). The maximum atomic E-state index is 14.9. The lowest BCUT2D eigenvalue weighted by atomic mass is 9.93. The van der Waals surface area contributed by atoms with Gasteiger partial charge in [-0.2, -0.15) is 5.26 Å². The van der Waals surface area contributed by atoms with Crippen LogP contribution >= 0.6 is 0 Å². The Bertz CT molecular complexity index is 1040. The predicted octanol–water partition coefficient (Wildman–Crippen LogP) is 8.55. The molecule has 0 atom stereocenters. The summed E-state index contributed by atoms with van der Waals surface area (Å²) < 4.78 is 20.9. The van der Waals surface area contributed by atoms with Gasteiger partial charge in [0.05, 0.1) is 18.2 Å². The van der Waals surface area contributed by atoms with E-state index in [4.69, 9.17) is 4.74 Å². The third-order valence-corrected chi connectivity index (χ3v) is 5.71. The Morgan fingerprint density at radius 2 is 1.47 bits per heavy atom. The van der Waals surface area contributed by atoms with E-state index >= 15 is 0 Å². The number of ether oxygens (including phenoxy) is 1. The molecule has 0 aromatic heterocycles. The minimum Gasteiger partial charge on any atom is -0.494 e. The lowest BCUT2D eigenvalue weighted by molar-refractivity contribution is 0.304. The van der Waals surface area contributed by atoms with E-state index in [1.807, 2.05) is 42.5 Å². The van der Waals surface area contributed by atoms with E-state index in [0.717, 1.165) is 28.9 Å². The monoisotopic (exact) mass is 429 g/mol. The van der Waals surface area contributed by atoms with Crippen LogP contribution in [0.4, 0.5) is 4.39 Å². The largest absolute Gasteiger partial charge is 0.494 e. The van der Waals surface area contributed by atoms with Crippen molar-refractivity contribution in [3.63, 3.8) is 0 Å². The van der Waals surface area contributed by atoms with Crippen molar-refractivity contribution in [2.75, 3.05) is 6.61 Å². The summed E-state index contributed by atoms with van der Waals surface area (Å²) in [7, 11) is 0. The quantitative estimate of drug-likeness (QED) is 0.270. The number of nitrogens with zero attached hydrogens (tertiary/aromatic N) is 1. The van der Waals surface area contributed by atoms with Crippen LogP contribution in [0.2, 0.25) is 0 Å². The fraction of sp³-hybridized carbons (Fsp3) is 0.345. The molecule has 166 valence electrons. The average molecular weight is 430 g/mol. The summed E-state index contributed by atoms with van der Waals surface area (Å²) in [6.07, 6.45) is 10.1. The van der Waals surface area contributed by atoms with Crippen LogP contribution in [0.1, 0.15) is 63.9 Å². The highest BCUT2D eigenvalue weighted by molar-refractivity contribution is 5.84. The van der Waals surface area contributed by atoms with Gasteiger partial charge in [-0.1, -0.05) is 88.3 Å². The molecule has 32 heavy (non-hydrogen) atoms. The molecule has 0 heterocycles. The van der Waals surface area contributed by atoms with Gasteiger partial charge in [-0.15, -0.1) is 0 Å². The van der Waals surface area contributed by atoms with Gasteiger partial charge < -0.3 is 4.74 Å². The summed E-state index contributed by atoms with van der Waals surface area (Å²) in [5.41, 5.74) is 3.44. The molecular weight excluding hydrogens is 397 g/mol. The summed E-state index contributed by atoms with van der Waals surface area (Å²) in [6, 6.07) is 22.1. The Kier molecular flexibility index (Phi) is 9.32.